The molecular formula is C12H20O6. The number of rotatable bonds is 5. The van der Waals surface area contributed by atoms with Crippen LogP contribution in [0.3, 0.4) is 0 Å². The average molecular weight is 260 g/mol. The van der Waals surface area contributed by atoms with Crippen molar-refractivity contribution in [2.45, 2.75) is 51.4 Å². The van der Waals surface area contributed by atoms with Crippen LogP contribution in [0.5, 0.6) is 0 Å². The fourth-order valence-corrected chi connectivity index (χ4v) is 1.92. The largest absolute Gasteiger partial charge is 0.508 e. The molecule has 0 aromatic carbocycles. The summed E-state index contributed by atoms with van der Waals surface area (Å²) in [6.45, 7) is 3.40. The number of esters is 1. The van der Waals surface area contributed by atoms with Crippen LogP contribution in [0, 0.1) is 5.92 Å². The van der Waals surface area contributed by atoms with Gasteiger partial charge in [0, 0.05) is 6.42 Å². The molecule has 1 aliphatic heterocycles. The molecule has 1 rings (SSSR count). The summed E-state index contributed by atoms with van der Waals surface area (Å²) in [6.07, 6.45) is -0.427. The van der Waals surface area contributed by atoms with E-state index in [9.17, 15) is 14.7 Å². The number of ether oxygens (including phenoxy) is 3. The van der Waals surface area contributed by atoms with Gasteiger partial charge in [0.05, 0.1) is 19.1 Å². The van der Waals surface area contributed by atoms with Gasteiger partial charge in [0.1, 0.15) is 12.2 Å². The third-order valence-corrected chi connectivity index (χ3v) is 3.09. The van der Waals surface area contributed by atoms with Gasteiger partial charge in [-0.05, 0) is 26.7 Å². The second kappa shape index (κ2) is 6.58. The standard InChI is InChI=1S/C12H20O6/c1-7-6-9(18-12(15)17-7)4-5-10(13)8(2)11(14)16-3/h7-10,13H,4-6H2,1-3H3/t7-,8+,9+,10-/m1/s1. The molecule has 1 aliphatic rings. The van der Waals surface area contributed by atoms with Crippen LogP contribution in [-0.4, -0.2) is 42.7 Å². The van der Waals surface area contributed by atoms with Gasteiger partial charge >= 0.3 is 12.1 Å². The first-order valence-corrected chi connectivity index (χ1v) is 6.07. The third kappa shape index (κ3) is 4.18. The molecule has 1 fully saturated rings. The minimum Gasteiger partial charge on any atom is -0.469 e. The second-order valence-electron chi connectivity index (χ2n) is 4.61. The Morgan fingerprint density at radius 3 is 2.78 bits per heavy atom. The summed E-state index contributed by atoms with van der Waals surface area (Å²) in [5.41, 5.74) is 0. The first-order chi connectivity index (χ1) is 8.43. The van der Waals surface area contributed by atoms with Crippen LogP contribution < -0.4 is 0 Å². The number of cyclic esters (lactones) is 2. The maximum atomic E-state index is 11.2. The molecule has 0 saturated carbocycles. The van der Waals surface area contributed by atoms with Gasteiger partial charge < -0.3 is 19.3 Å². The third-order valence-electron chi connectivity index (χ3n) is 3.09. The molecule has 1 saturated heterocycles. The van der Waals surface area contributed by atoms with Crippen LogP contribution in [0.25, 0.3) is 0 Å². The van der Waals surface area contributed by atoms with Crippen LogP contribution in [-0.2, 0) is 19.0 Å². The molecule has 4 atom stereocenters. The van der Waals surface area contributed by atoms with Crippen LogP contribution in [0.4, 0.5) is 4.79 Å². The fourth-order valence-electron chi connectivity index (χ4n) is 1.92. The zero-order valence-corrected chi connectivity index (χ0v) is 10.9. The SMILES string of the molecule is COC(=O)[C@@H](C)[C@H](O)CC[C@H]1C[C@@H](C)OC(=O)O1. The average Bonchev–Trinajstić information content (AvgIpc) is 2.32. The van der Waals surface area contributed by atoms with Crippen molar-refractivity contribution in [1.82, 2.24) is 0 Å². The van der Waals surface area contributed by atoms with Crippen LogP contribution in [0.1, 0.15) is 33.1 Å². The lowest BCUT2D eigenvalue weighted by Crippen LogP contribution is -2.34. The van der Waals surface area contributed by atoms with Crippen molar-refractivity contribution >= 4 is 12.1 Å². The van der Waals surface area contributed by atoms with E-state index < -0.39 is 24.1 Å². The fraction of sp³-hybridized carbons (Fsp3) is 0.833. The number of aliphatic hydroxyl groups is 1. The molecule has 0 amide bonds. The van der Waals surface area contributed by atoms with E-state index in [0.717, 1.165) is 0 Å². The van der Waals surface area contributed by atoms with Gasteiger partial charge in [0.2, 0.25) is 0 Å². The Bertz CT molecular complexity index is 303. The topological polar surface area (TPSA) is 82.1 Å². The smallest absolute Gasteiger partial charge is 0.469 e. The predicted molar refractivity (Wildman–Crippen MR) is 61.9 cm³/mol. The molecule has 18 heavy (non-hydrogen) atoms. The molecule has 0 aromatic rings. The monoisotopic (exact) mass is 260 g/mol. The van der Waals surface area contributed by atoms with Gasteiger partial charge in [-0.1, -0.05) is 0 Å². The summed E-state index contributed by atoms with van der Waals surface area (Å²) >= 11 is 0. The highest BCUT2D eigenvalue weighted by Gasteiger charge is 2.29. The lowest BCUT2D eigenvalue weighted by Gasteiger charge is -2.27. The van der Waals surface area contributed by atoms with E-state index in [2.05, 4.69) is 4.74 Å². The van der Waals surface area contributed by atoms with Crippen molar-refractivity contribution in [3.63, 3.8) is 0 Å². The Balaban J connectivity index is 2.35. The molecule has 0 bridgehead atoms. The van der Waals surface area contributed by atoms with E-state index in [-0.39, 0.29) is 12.2 Å². The summed E-state index contributed by atoms with van der Waals surface area (Å²) in [4.78, 5) is 22.3. The highest BCUT2D eigenvalue weighted by molar-refractivity contribution is 5.72. The van der Waals surface area contributed by atoms with Gasteiger partial charge in [0.25, 0.3) is 0 Å². The van der Waals surface area contributed by atoms with E-state index in [1.165, 1.54) is 7.11 Å². The van der Waals surface area contributed by atoms with Gasteiger partial charge in [0.15, 0.2) is 0 Å². The number of carbonyl (C=O) groups is 2. The Hall–Kier alpha value is -1.30. The van der Waals surface area contributed by atoms with Crippen molar-refractivity contribution in [3.8, 4) is 0 Å². The van der Waals surface area contributed by atoms with Crippen molar-refractivity contribution in [2.75, 3.05) is 7.11 Å². The Labute approximate surface area is 106 Å². The highest BCUT2D eigenvalue weighted by atomic mass is 16.7. The normalized spacial score (nSPS) is 26.8. The maximum absolute atomic E-state index is 11.2. The van der Waals surface area contributed by atoms with Crippen molar-refractivity contribution < 1.29 is 28.9 Å². The Morgan fingerprint density at radius 2 is 2.22 bits per heavy atom. The van der Waals surface area contributed by atoms with Crippen LogP contribution in [0.2, 0.25) is 0 Å². The molecule has 6 nitrogen and oxygen atoms in total. The molecule has 104 valence electrons. The number of aliphatic hydroxyl groups excluding tert-OH is 1. The van der Waals surface area contributed by atoms with E-state index in [1.54, 1.807) is 13.8 Å². The zero-order chi connectivity index (χ0) is 13.7. The van der Waals surface area contributed by atoms with Crippen molar-refractivity contribution in [1.29, 1.82) is 0 Å². The molecule has 0 spiro atoms. The molecule has 0 radical (unpaired) electrons. The van der Waals surface area contributed by atoms with E-state index in [4.69, 9.17) is 9.47 Å². The number of methoxy groups -OCH3 is 1. The lowest BCUT2D eigenvalue weighted by atomic mass is 9.97. The van der Waals surface area contributed by atoms with E-state index in [0.29, 0.717) is 19.3 Å². The quantitative estimate of drug-likeness (QED) is 0.749. The first-order valence-electron chi connectivity index (χ1n) is 6.07. The van der Waals surface area contributed by atoms with Gasteiger partial charge in [-0.25, -0.2) is 4.79 Å². The van der Waals surface area contributed by atoms with Crippen LogP contribution in [0.15, 0.2) is 0 Å². The summed E-state index contributed by atoms with van der Waals surface area (Å²) in [5, 5.41) is 9.81. The molecule has 0 aliphatic carbocycles. The number of hydrogen-bond donors (Lipinski definition) is 1. The minimum atomic E-state index is -0.797. The zero-order valence-electron chi connectivity index (χ0n) is 10.9. The second-order valence-corrected chi connectivity index (χ2v) is 4.61. The molecule has 1 N–H and O–H groups in total. The Kier molecular flexibility index (Phi) is 5.40. The number of carbonyl (C=O) groups excluding carboxylic acids is 2. The molecule has 1 heterocycles. The molecular weight excluding hydrogens is 240 g/mol. The van der Waals surface area contributed by atoms with Gasteiger partial charge in [-0.3, -0.25) is 4.79 Å². The van der Waals surface area contributed by atoms with Crippen molar-refractivity contribution in [3.05, 3.63) is 0 Å². The lowest BCUT2D eigenvalue weighted by molar-refractivity contribution is -0.149. The van der Waals surface area contributed by atoms with Gasteiger partial charge in [-0.15, -0.1) is 0 Å². The highest BCUT2D eigenvalue weighted by Crippen LogP contribution is 2.21. The van der Waals surface area contributed by atoms with E-state index in [1.807, 2.05) is 0 Å². The van der Waals surface area contributed by atoms with Crippen molar-refractivity contribution in [2.24, 2.45) is 5.92 Å². The summed E-state index contributed by atoms with van der Waals surface area (Å²) < 4.78 is 14.4. The van der Waals surface area contributed by atoms with Gasteiger partial charge in [-0.2, -0.15) is 0 Å². The molecule has 6 heteroatoms. The first kappa shape index (κ1) is 14.8. The molecule has 0 aromatic heterocycles. The molecule has 0 unspecified atom stereocenters. The van der Waals surface area contributed by atoms with Crippen LogP contribution >= 0.6 is 0 Å². The summed E-state index contributed by atoms with van der Waals surface area (Å²) in [7, 11) is 1.29. The number of hydrogen-bond acceptors (Lipinski definition) is 6. The summed E-state index contributed by atoms with van der Waals surface area (Å²) in [5.74, 6) is -1.03. The Morgan fingerprint density at radius 1 is 1.56 bits per heavy atom. The summed E-state index contributed by atoms with van der Waals surface area (Å²) in [6, 6.07) is 0. The minimum absolute atomic E-state index is 0.175. The van der Waals surface area contributed by atoms with E-state index >= 15 is 0 Å². The predicted octanol–water partition coefficient (Wildman–Crippen LogP) is 1.25. The maximum Gasteiger partial charge on any atom is 0.508 e.